The summed E-state index contributed by atoms with van der Waals surface area (Å²) in [6.07, 6.45) is 0.655. The highest BCUT2D eigenvalue weighted by atomic mass is 19.1. The molecule has 102 valence electrons. The molecule has 0 radical (unpaired) electrons. The number of nitrogens with one attached hydrogen (secondary N) is 1. The van der Waals surface area contributed by atoms with E-state index in [0.29, 0.717) is 17.9 Å². The standard InChI is InChI=1S/C13H15FN2O3/c14-9-5-8-10(15-13(19)12(8)18)6-11(9)16(3-4-17)7-1-2-7/h5-7,12,17-18H,1-4H2,(H,15,19). The molecule has 1 atom stereocenters. The monoisotopic (exact) mass is 266 g/mol. The number of amides is 1. The Morgan fingerprint density at radius 3 is 2.79 bits per heavy atom. The number of fused-ring (bicyclic) bond motifs is 1. The van der Waals surface area contributed by atoms with Gasteiger partial charge in [-0.05, 0) is 25.0 Å². The van der Waals surface area contributed by atoms with Gasteiger partial charge in [0.2, 0.25) is 0 Å². The van der Waals surface area contributed by atoms with Crippen molar-refractivity contribution in [2.75, 3.05) is 23.4 Å². The first-order valence-corrected chi connectivity index (χ1v) is 6.31. The van der Waals surface area contributed by atoms with E-state index in [1.165, 1.54) is 12.1 Å². The zero-order valence-electron chi connectivity index (χ0n) is 10.3. The van der Waals surface area contributed by atoms with E-state index in [1.54, 1.807) is 0 Å². The minimum absolute atomic E-state index is 0.0536. The molecule has 1 saturated carbocycles. The van der Waals surface area contributed by atoms with Crippen LogP contribution >= 0.6 is 0 Å². The number of benzene rings is 1. The Labute approximate surface area is 109 Å². The van der Waals surface area contributed by atoms with Gasteiger partial charge in [-0.1, -0.05) is 0 Å². The Hall–Kier alpha value is -1.66. The first-order chi connectivity index (χ1) is 9.11. The quantitative estimate of drug-likeness (QED) is 0.752. The lowest BCUT2D eigenvalue weighted by Crippen LogP contribution is -2.29. The topological polar surface area (TPSA) is 72.8 Å². The number of rotatable bonds is 4. The first kappa shape index (κ1) is 12.4. The number of anilines is 2. The summed E-state index contributed by atoms with van der Waals surface area (Å²) in [5, 5.41) is 21.2. The molecule has 0 bridgehead atoms. The maximum absolute atomic E-state index is 14.1. The fourth-order valence-electron chi connectivity index (χ4n) is 2.47. The second-order valence-corrected chi connectivity index (χ2v) is 4.93. The molecule has 19 heavy (non-hydrogen) atoms. The number of hydrogen-bond donors (Lipinski definition) is 3. The third kappa shape index (κ3) is 2.06. The third-order valence-corrected chi connectivity index (χ3v) is 3.56. The minimum atomic E-state index is -1.30. The van der Waals surface area contributed by atoms with Gasteiger partial charge < -0.3 is 20.4 Å². The molecule has 3 N–H and O–H groups in total. The lowest BCUT2D eigenvalue weighted by Gasteiger charge is -2.24. The predicted octanol–water partition coefficient (Wildman–Crippen LogP) is 0.772. The van der Waals surface area contributed by atoms with Crippen molar-refractivity contribution in [3.05, 3.63) is 23.5 Å². The maximum atomic E-state index is 14.1. The molecule has 0 spiro atoms. The van der Waals surface area contributed by atoms with Crippen LogP contribution in [0.4, 0.5) is 15.8 Å². The van der Waals surface area contributed by atoms with E-state index in [-0.39, 0.29) is 18.2 Å². The van der Waals surface area contributed by atoms with Gasteiger partial charge in [0, 0.05) is 23.8 Å². The van der Waals surface area contributed by atoms with Crippen molar-refractivity contribution in [3.63, 3.8) is 0 Å². The van der Waals surface area contributed by atoms with Crippen molar-refractivity contribution in [1.82, 2.24) is 0 Å². The molecular weight excluding hydrogens is 251 g/mol. The maximum Gasteiger partial charge on any atom is 0.257 e. The number of carbonyl (C=O) groups is 1. The van der Waals surface area contributed by atoms with Gasteiger partial charge in [0.15, 0.2) is 6.10 Å². The fourth-order valence-corrected chi connectivity index (χ4v) is 2.47. The van der Waals surface area contributed by atoms with Crippen LogP contribution in [-0.2, 0) is 4.79 Å². The number of aliphatic hydroxyl groups excluding tert-OH is 2. The lowest BCUT2D eigenvalue weighted by atomic mass is 10.1. The van der Waals surface area contributed by atoms with Crippen molar-refractivity contribution < 1.29 is 19.4 Å². The normalized spacial score (nSPS) is 21.2. The first-order valence-electron chi connectivity index (χ1n) is 6.31. The lowest BCUT2D eigenvalue weighted by molar-refractivity contribution is -0.123. The van der Waals surface area contributed by atoms with Crippen molar-refractivity contribution >= 4 is 17.3 Å². The Morgan fingerprint density at radius 2 is 2.16 bits per heavy atom. The largest absolute Gasteiger partial charge is 0.395 e. The van der Waals surface area contributed by atoms with Gasteiger partial charge in [-0.25, -0.2) is 4.39 Å². The summed E-state index contributed by atoms with van der Waals surface area (Å²) in [7, 11) is 0. The molecule has 1 unspecified atom stereocenters. The van der Waals surface area contributed by atoms with Crippen LogP contribution < -0.4 is 10.2 Å². The number of carbonyl (C=O) groups excluding carboxylic acids is 1. The number of hydrogen-bond acceptors (Lipinski definition) is 4. The minimum Gasteiger partial charge on any atom is -0.395 e. The van der Waals surface area contributed by atoms with Gasteiger partial charge in [-0.2, -0.15) is 0 Å². The van der Waals surface area contributed by atoms with Crippen molar-refractivity contribution in [2.45, 2.75) is 25.0 Å². The van der Waals surface area contributed by atoms with Crippen molar-refractivity contribution in [2.24, 2.45) is 0 Å². The highest BCUT2D eigenvalue weighted by Crippen LogP contribution is 2.39. The summed E-state index contributed by atoms with van der Waals surface area (Å²) < 4.78 is 14.1. The van der Waals surface area contributed by atoms with E-state index >= 15 is 0 Å². The zero-order chi connectivity index (χ0) is 13.6. The summed E-state index contributed by atoms with van der Waals surface area (Å²) in [6.45, 7) is 0.304. The molecule has 1 fully saturated rings. The van der Waals surface area contributed by atoms with Crippen LogP contribution in [-0.4, -0.2) is 35.3 Å². The molecule has 1 aliphatic heterocycles. The van der Waals surface area contributed by atoms with Crippen LogP contribution in [0.3, 0.4) is 0 Å². The van der Waals surface area contributed by atoms with E-state index in [4.69, 9.17) is 5.11 Å². The van der Waals surface area contributed by atoms with Gasteiger partial charge in [0.05, 0.1) is 12.3 Å². The average molecular weight is 266 g/mol. The average Bonchev–Trinajstić information content (AvgIpc) is 3.17. The van der Waals surface area contributed by atoms with Crippen molar-refractivity contribution in [1.29, 1.82) is 0 Å². The Kier molecular flexibility index (Phi) is 2.91. The van der Waals surface area contributed by atoms with Crippen molar-refractivity contribution in [3.8, 4) is 0 Å². The molecule has 5 nitrogen and oxygen atoms in total. The number of aliphatic hydroxyl groups is 2. The zero-order valence-corrected chi connectivity index (χ0v) is 10.3. The molecule has 0 aromatic heterocycles. The van der Waals surface area contributed by atoms with Gasteiger partial charge in [0.1, 0.15) is 5.82 Å². The van der Waals surface area contributed by atoms with Gasteiger partial charge in [-0.15, -0.1) is 0 Å². The van der Waals surface area contributed by atoms with Gasteiger partial charge in [-0.3, -0.25) is 4.79 Å². The third-order valence-electron chi connectivity index (χ3n) is 3.56. The highest BCUT2D eigenvalue weighted by molar-refractivity contribution is 6.02. The molecule has 1 aromatic rings. The molecule has 1 aromatic carbocycles. The van der Waals surface area contributed by atoms with E-state index in [1.807, 2.05) is 4.90 Å². The Balaban J connectivity index is 1.99. The Morgan fingerprint density at radius 1 is 1.42 bits per heavy atom. The van der Waals surface area contributed by atoms with Crippen LogP contribution in [0, 0.1) is 5.82 Å². The predicted molar refractivity (Wildman–Crippen MR) is 67.4 cm³/mol. The second-order valence-electron chi connectivity index (χ2n) is 4.93. The molecule has 1 aliphatic carbocycles. The summed E-state index contributed by atoms with van der Waals surface area (Å²) in [6, 6.07) is 2.98. The van der Waals surface area contributed by atoms with Gasteiger partial charge >= 0.3 is 0 Å². The summed E-state index contributed by atoms with van der Waals surface area (Å²) in [5.41, 5.74) is 1.08. The van der Waals surface area contributed by atoms with E-state index in [9.17, 15) is 14.3 Å². The summed E-state index contributed by atoms with van der Waals surface area (Å²) in [4.78, 5) is 13.2. The smallest absolute Gasteiger partial charge is 0.257 e. The van der Waals surface area contributed by atoms with Crippen LogP contribution in [0.15, 0.2) is 12.1 Å². The number of halogens is 1. The highest BCUT2D eigenvalue weighted by Gasteiger charge is 2.34. The molecule has 2 aliphatic rings. The van der Waals surface area contributed by atoms with Gasteiger partial charge in [0.25, 0.3) is 5.91 Å². The molecular formula is C13H15FN2O3. The molecule has 1 heterocycles. The van der Waals surface area contributed by atoms with Crippen LogP contribution in [0.1, 0.15) is 24.5 Å². The number of nitrogens with zero attached hydrogens (tertiary/aromatic N) is 1. The summed E-state index contributed by atoms with van der Waals surface area (Å²) in [5.74, 6) is -1.01. The molecule has 0 saturated heterocycles. The van der Waals surface area contributed by atoms with E-state index < -0.39 is 17.8 Å². The van der Waals surface area contributed by atoms with Crippen LogP contribution in [0.2, 0.25) is 0 Å². The van der Waals surface area contributed by atoms with Crippen LogP contribution in [0.5, 0.6) is 0 Å². The van der Waals surface area contributed by atoms with Crippen LogP contribution in [0.25, 0.3) is 0 Å². The Bertz CT molecular complexity index is 531. The van der Waals surface area contributed by atoms with E-state index in [0.717, 1.165) is 12.8 Å². The SMILES string of the molecule is O=C1Nc2cc(N(CCO)C3CC3)c(F)cc2C1O. The second kappa shape index (κ2) is 4.47. The molecule has 3 rings (SSSR count). The molecule has 6 heteroatoms. The van der Waals surface area contributed by atoms with E-state index in [2.05, 4.69) is 5.32 Å². The fraction of sp³-hybridized carbons (Fsp3) is 0.462. The molecule has 1 amide bonds. The summed E-state index contributed by atoms with van der Waals surface area (Å²) >= 11 is 0.